The second-order valence-electron chi connectivity index (χ2n) is 7.29. The van der Waals surface area contributed by atoms with Crippen molar-refractivity contribution in [3.63, 3.8) is 0 Å². The number of thiophene rings is 1. The first-order valence-corrected chi connectivity index (χ1v) is 10.3. The fourth-order valence-corrected chi connectivity index (χ4v) is 5.24. The number of nitrogens with zero attached hydrogens (tertiary/aromatic N) is 2. The van der Waals surface area contributed by atoms with Crippen LogP contribution in [0.2, 0.25) is 5.02 Å². The number of carbonyl (C=O) groups excluding carboxylic acids is 1. The van der Waals surface area contributed by atoms with Crippen LogP contribution in [0.1, 0.15) is 29.3 Å². The minimum atomic E-state index is -1.46. The van der Waals surface area contributed by atoms with Crippen molar-refractivity contribution in [1.29, 1.82) is 0 Å². The summed E-state index contributed by atoms with van der Waals surface area (Å²) in [5.74, 6) is -1.02. The molecule has 0 fully saturated rings. The molecule has 1 atom stereocenters. The molecule has 0 saturated carbocycles. The Morgan fingerprint density at radius 2 is 1.96 bits per heavy atom. The zero-order valence-corrected chi connectivity index (χ0v) is 16.8. The molecule has 2 aromatic heterocycles. The number of benzene rings is 1. The monoisotopic (exact) mass is 417 g/mol. The van der Waals surface area contributed by atoms with E-state index in [1.807, 2.05) is 12.1 Å². The number of carboxylic acids is 1. The van der Waals surface area contributed by atoms with Crippen LogP contribution in [0.4, 0.5) is 0 Å². The summed E-state index contributed by atoms with van der Waals surface area (Å²) < 4.78 is 2.27. The number of aromatic nitrogens is 2. The molecule has 0 aliphatic heterocycles. The molecule has 1 aliphatic carbocycles. The van der Waals surface area contributed by atoms with Crippen LogP contribution < -0.4 is 16.4 Å². The van der Waals surface area contributed by atoms with Crippen LogP contribution >= 0.6 is 22.9 Å². The standard InChI is InChI=1S/C20H19ClN2O4S/c1-11-2-7-15-14(8-11)17-18(26)22(10-16(24)25)20(27)23(19(17)28-15)9-12-3-5-13(21)6-4-12/h3-6,11H,2,7-10H2,1H3,(H,24,25)/p-1/t11-/m0/s1. The SMILES string of the molecule is C[C@H]1CCc2sc3c(c2C1)c(=O)n(CC(=O)[O-])c(=O)n3Cc1ccc(Cl)cc1. The van der Waals surface area contributed by atoms with Crippen molar-refractivity contribution < 1.29 is 9.90 Å². The van der Waals surface area contributed by atoms with E-state index in [0.717, 1.165) is 39.8 Å². The van der Waals surface area contributed by atoms with E-state index in [0.29, 0.717) is 21.2 Å². The van der Waals surface area contributed by atoms with Gasteiger partial charge in [-0.25, -0.2) is 4.79 Å². The molecular formula is C20H18ClN2O4S-. The second-order valence-corrected chi connectivity index (χ2v) is 8.81. The van der Waals surface area contributed by atoms with Crippen molar-refractivity contribution in [3.8, 4) is 0 Å². The lowest BCUT2D eigenvalue weighted by Crippen LogP contribution is -2.44. The number of carboxylic acid groups (broad SMARTS) is 1. The fraction of sp³-hybridized carbons (Fsp3) is 0.350. The van der Waals surface area contributed by atoms with Crippen LogP contribution in [0.5, 0.6) is 0 Å². The third-order valence-electron chi connectivity index (χ3n) is 5.20. The lowest BCUT2D eigenvalue weighted by Gasteiger charge is -2.18. The molecule has 3 aromatic rings. The van der Waals surface area contributed by atoms with Gasteiger partial charge in [-0.15, -0.1) is 11.3 Å². The van der Waals surface area contributed by atoms with E-state index in [2.05, 4.69) is 6.92 Å². The van der Waals surface area contributed by atoms with Gasteiger partial charge >= 0.3 is 5.69 Å². The zero-order chi connectivity index (χ0) is 20.0. The first-order valence-electron chi connectivity index (χ1n) is 9.07. The van der Waals surface area contributed by atoms with Gasteiger partial charge in [0.2, 0.25) is 0 Å². The van der Waals surface area contributed by atoms with Crippen molar-refractivity contribution in [1.82, 2.24) is 9.13 Å². The van der Waals surface area contributed by atoms with Crippen molar-refractivity contribution >= 4 is 39.1 Å². The summed E-state index contributed by atoms with van der Waals surface area (Å²) in [5, 5.41) is 12.2. The number of rotatable bonds is 4. The van der Waals surface area contributed by atoms with Crippen molar-refractivity contribution in [2.75, 3.05) is 0 Å². The van der Waals surface area contributed by atoms with Gasteiger partial charge in [-0.3, -0.25) is 13.9 Å². The highest BCUT2D eigenvalue weighted by Gasteiger charge is 2.26. The van der Waals surface area contributed by atoms with E-state index in [4.69, 9.17) is 11.6 Å². The fourth-order valence-electron chi connectivity index (χ4n) is 3.79. The van der Waals surface area contributed by atoms with Crippen LogP contribution in [0.25, 0.3) is 10.2 Å². The van der Waals surface area contributed by atoms with Gasteiger partial charge in [0, 0.05) is 9.90 Å². The molecule has 28 heavy (non-hydrogen) atoms. The molecule has 0 N–H and O–H groups in total. The topological polar surface area (TPSA) is 84.1 Å². The highest BCUT2D eigenvalue weighted by Crippen LogP contribution is 2.36. The van der Waals surface area contributed by atoms with Crippen LogP contribution in [0, 0.1) is 5.92 Å². The molecule has 146 valence electrons. The molecule has 4 rings (SSSR count). The summed E-state index contributed by atoms with van der Waals surface area (Å²) in [5.41, 5.74) is 0.623. The molecule has 1 aliphatic rings. The molecule has 0 bridgehead atoms. The van der Waals surface area contributed by atoms with E-state index in [9.17, 15) is 19.5 Å². The summed E-state index contributed by atoms with van der Waals surface area (Å²) in [6.07, 6.45) is 2.66. The summed E-state index contributed by atoms with van der Waals surface area (Å²) in [4.78, 5) is 38.9. The van der Waals surface area contributed by atoms with Gasteiger partial charge in [-0.1, -0.05) is 30.7 Å². The lowest BCUT2D eigenvalue weighted by molar-refractivity contribution is -0.306. The molecule has 0 unspecified atom stereocenters. The summed E-state index contributed by atoms with van der Waals surface area (Å²) in [7, 11) is 0. The molecule has 8 heteroatoms. The molecule has 1 aromatic carbocycles. The first kappa shape index (κ1) is 19.0. The molecule has 0 saturated heterocycles. The summed E-state index contributed by atoms with van der Waals surface area (Å²) in [6.45, 7) is 1.61. The maximum Gasteiger partial charge on any atom is 0.332 e. The molecule has 0 amide bonds. The molecule has 0 radical (unpaired) electrons. The Labute approximate surface area is 169 Å². The summed E-state index contributed by atoms with van der Waals surface area (Å²) in [6, 6.07) is 7.09. The average molecular weight is 418 g/mol. The van der Waals surface area contributed by atoms with E-state index >= 15 is 0 Å². The molecule has 2 heterocycles. The van der Waals surface area contributed by atoms with Crippen molar-refractivity contribution in [2.45, 2.75) is 39.3 Å². The van der Waals surface area contributed by atoms with Gasteiger partial charge in [0.05, 0.1) is 24.4 Å². The van der Waals surface area contributed by atoms with Gasteiger partial charge < -0.3 is 9.90 Å². The van der Waals surface area contributed by atoms with Gasteiger partial charge in [0.25, 0.3) is 5.56 Å². The molecular weight excluding hydrogens is 400 g/mol. The Balaban J connectivity index is 1.99. The van der Waals surface area contributed by atoms with Gasteiger partial charge in [0.15, 0.2) is 0 Å². The van der Waals surface area contributed by atoms with Gasteiger partial charge in [-0.05, 0) is 48.4 Å². The number of hydrogen-bond donors (Lipinski definition) is 0. The third kappa shape index (κ3) is 3.29. The molecule has 0 spiro atoms. The highest BCUT2D eigenvalue weighted by molar-refractivity contribution is 7.18. The first-order chi connectivity index (χ1) is 13.3. The third-order valence-corrected chi connectivity index (χ3v) is 6.76. The predicted molar refractivity (Wildman–Crippen MR) is 107 cm³/mol. The van der Waals surface area contributed by atoms with Crippen molar-refractivity contribution in [2.24, 2.45) is 5.92 Å². The van der Waals surface area contributed by atoms with Crippen LogP contribution in [-0.2, 0) is 30.7 Å². The highest BCUT2D eigenvalue weighted by atomic mass is 35.5. The Hall–Kier alpha value is -2.38. The number of fused-ring (bicyclic) bond motifs is 3. The second kappa shape index (κ2) is 7.22. The van der Waals surface area contributed by atoms with E-state index < -0.39 is 23.8 Å². The minimum absolute atomic E-state index is 0.231. The van der Waals surface area contributed by atoms with Crippen LogP contribution in [0.15, 0.2) is 33.9 Å². The number of aliphatic carboxylic acids is 1. The number of hydrogen-bond acceptors (Lipinski definition) is 5. The zero-order valence-electron chi connectivity index (χ0n) is 15.2. The van der Waals surface area contributed by atoms with E-state index in [1.54, 1.807) is 12.1 Å². The quantitative estimate of drug-likeness (QED) is 0.648. The van der Waals surface area contributed by atoms with Crippen molar-refractivity contribution in [3.05, 3.63) is 66.1 Å². The number of halogens is 1. The maximum absolute atomic E-state index is 13.0. The van der Waals surface area contributed by atoms with E-state index in [1.165, 1.54) is 15.9 Å². The Bertz CT molecular complexity index is 1190. The Kier molecular flexibility index (Phi) is 4.89. The predicted octanol–water partition coefficient (Wildman–Crippen LogP) is 1.80. The van der Waals surface area contributed by atoms with E-state index in [-0.39, 0.29) is 6.54 Å². The molecule has 6 nitrogen and oxygen atoms in total. The number of carbonyl (C=O) groups is 1. The Morgan fingerprint density at radius 1 is 1.25 bits per heavy atom. The van der Waals surface area contributed by atoms with Gasteiger partial charge in [-0.2, -0.15) is 0 Å². The normalized spacial score (nSPS) is 16.3. The average Bonchev–Trinajstić information content (AvgIpc) is 3.02. The minimum Gasteiger partial charge on any atom is -0.548 e. The number of aryl methyl sites for hydroxylation is 1. The largest absolute Gasteiger partial charge is 0.548 e. The van der Waals surface area contributed by atoms with Gasteiger partial charge in [0.1, 0.15) is 4.83 Å². The Morgan fingerprint density at radius 3 is 2.64 bits per heavy atom. The van der Waals surface area contributed by atoms with Crippen LogP contribution in [-0.4, -0.2) is 15.1 Å². The smallest absolute Gasteiger partial charge is 0.332 e. The van der Waals surface area contributed by atoms with Crippen LogP contribution in [0.3, 0.4) is 0 Å². The maximum atomic E-state index is 13.0. The summed E-state index contributed by atoms with van der Waals surface area (Å²) >= 11 is 7.41. The lowest BCUT2D eigenvalue weighted by atomic mass is 9.89.